The highest BCUT2D eigenvalue weighted by Gasteiger charge is 2.37. The number of hydrogen-bond acceptors (Lipinski definition) is 2. The molecule has 5 heteroatoms. The highest BCUT2D eigenvalue weighted by atomic mass is 35.5. The van der Waals surface area contributed by atoms with Crippen molar-refractivity contribution in [3.8, 4) is 0 Å². The maximum Gasteiger partial charge on any atom is 0.192 e. The van der Waals surface area contributed by atoms with E-state index in [-0.39, 0.29) is 5.04 Å². The van der Waals surface area contributed by atoms with E-state index in [1.165, 1.54) is 0 Å². The van der Waals surface area contributed by atoms with Gasteiger partial charge in [0.15, 0.2) is 13.5 Å². The number of aromatic amines is 1. The number of nitrogens with zero attached hydrogens (tertiary/aromatic N) is 1. The summed E-state index contributed by atoms with van der Waals surface area (Å²) in [6.07, 6.45) is 1.05. The van der Waals surface area contributed by atoms with Crippen molar-refractivity contribution in [2.24, 2.45) is 0 Å². The van der Waals surface area contributed by atoms with Gasteiger partial charge in [-0.2, -0.15) is 0 Å². The molecule has 3 nitrogen and oxygen atoms in total. The predicted molar refractivity (Wildman–Crippen MR) is 84.3 cm³/mol. The Kier molecular flexibility index (Phi) is 5.26. The van der Waals surface area contributed by atoms with Crippen LogP contribution < -0.4 is 0 Å². The summed E-state index contributed by atoms with van der Waals surface area (Å²) in [6, 6.07) is 0. The number of aromatic nitrogens is 2. The van der Waals surface area contributed by atoms with Crippen molar-refractivity contribution < 1.29 is 4.43 Å². The van der Waals surface area contributed by atoms with Crippen LogP contribution in [-0.4, -0.2) is 18.3 Å². The van der Waals surface area contributed by atoms with E-state index in [1.807, 2.05) is 0 Å². The van der Waals surface area contributed by atoms with Gasteiger partial charge in [-0.25, -0.2) is 4.98 Å². The van der Waals surface area contributed by atoms with Crippen LogP contribution in [0.1, 0.15) is 58.5 Å². The quantitative estimate of drug-likeness (QED) is 0.769. The van der Waals surface area contributed by atoms with Gasteiger partial charge in [0.2, 0.25) is 0 Å². The molecule has 1 rings (SSSR count). The second-order valence-corrected chi connectivity index (χ2v) is 11.9. The van der Waals surface area contributed by atoms with Gasteiger partial charge in [-0.1, -0.05) is 46.2 Å². The van der Waals surface area contributed by atoms with Crippen LogP contribution in [0.2, 0.25) is 23.3 Å². The second kappa shape index (κ2) is 5.98. The lowest BCUT2D eigenvalue weighted by Gasteiger charge is -2.36. The van der Waals surface area contributed by atoms with Gasteiger partial charge in [-0.15, -0.1) is 0 Å². The normalized spacial score (nSPS) is 14.7. The number of hydrogen-bond donors (Lipinski definition) is 1. The van der Waals surface area contributed by atoms with Crippen LogP contribution in [0.5, 0.6) is 0 Å². The lowest BCUT2D eigenvalue weighted by molar-refractivity contribution is 0.272. The van der Waals surface area contributed by atoms with Crippen LogP contribution in [0.3, 0.4) is 0 Å². The Morgan fingerprint density at radius 1 is 1.37 bits per heavy atom. The summed E-state index contributed by atoms with van der Waals surface area (Å²) in [5.41, 5.74) is 0.904. The molecule has 0 aliphatic rings. The van der Waals surface area contributed by atoms with Crippen LogP contribution in [0, 0.1) is 0 Å². The third kappa shape index (κ3) is 4.07. The molecule has 0 saturated heterocycles. The molecule has 0 aliphatic carbocycles. The molecule has 0 aliphatic heterocycles. The van der Waals surface area contributed by atoms with Crippen LogP contribution in [0.15, 0.2) is 0 Å². The van der Waals surface area contributed by atoms with E-state index in [2.05, 4.69) is 57.7 Å². The first-order chi connectivity index (χ1) is 8.58. The molecule has 1 N–H and O–H groups in total. The molecule has 0 saturated carbocycles. The molecule has 0 radical (unpaired) electrons. The van der Waals surface area contributed by atoms with Gasteiger partial charge in [0.1, 0.15) is 5.82 Å². The van der Waals surface area contributed by atoms with Gasteiger partial charge in [0.05, 0.1) is 12.3 Å². The van der Waals surface area contributed by atoms with Gasteiger partial charge in [0.25, 0.3) is 0 Å². The van der Waals surface area contributed by atoms with Crippen molar-refractivity contribution in [1.82, 2.24) is 9.97 Å². The van der Waals surface area contributed by atoms with Crippen molar-refractivity contribution in [1.29, 1.82) is 0 Å². The van der Waals surface area contributed by atoms with E-state index in [0.29, 0.717) is 17.7 Å². The Morgan fingerprint density at radius 2 is 1.95 bits per heavy atom. The molecule has 19 heavy (non-hydrogen) atoms. The zero-order chi connectivity index (χ0) is 14.8. The molecule has 0 bridgehead atoms. The van der Waals surface area contributed by atoms with Crippen LogP contribution >= 0.6 is 11.6 Å². The summed E-state index contributed by atoms with van der Waals surface area (Å²) in [4.78, 5) is 7.70. The maximum absolute atomic E-state index is 6.18. The maximum atomic E-state index is 6.18. The largest absolute Gasteiger partial charge is 0.411 e. The molecule has 110 valence electrons. The minimum atomic E-state index is -1.74. The lowest BCUT2D eigenvalue weighted by Crippen LogP contribution is -2.40. The van der Waals surface area contributed by atoms with E-state index in [9.17, 15) is 0 Å². The van der Waals surface area contributed by atoms with E-state index in [0.717, 1.165) is 17.9 Å². The summed E-state index contributed by atoms with van der Waals surface area (Å²) in [5.74, 6) is 1.36. The van der Waals surface area contributed by atoms with Crippen molar-refractivity contribution in [3.05, 3.63) is 16.7 Å². The summed E-state index contributed by atoms with van der Waals surface area (Å²) in [6.45, 7) is 16.0. The lowest BCUT2D eigenvalue weighted by atomic mass is 10.1. The van der Waals surface area contributed by atoms with Gasteiger partial charge in [0, 0.05) is 5.92 Å². The van der Waals surface area contributed by atoms with E-state index in [4.69, 9.17) is 16.0 Å². The Hall–Kier alpha value is -0.323. The first kappa shape index (κ1) is 16.7. The number of halogens is 1. The highest BCUT2D eigenvalue weighted by Crippen LogP contribution is 2.37. The molecule has 0 aromatic carbocycles. The van der Waals surface area contributed by atoms with E-state index >= 15 is 0 Å². The molecule has 1 heterocycles. The third-order valence-electron chi connectivity index (χ3n) is 4.21. The number of rotatable bonds is 5. The predicted octanol–water partition coefficient (Wildman–Crippen LogP) is 5.10. The summed E-state index contributed by atoms with van der Waals surface area (Å²) < 4.78 is 6.17. The Balaban J connectivity index is 2.76. The number of nitrogens with one attached hydrogen (secondary N) is 1. The first-order valence-electron chi connectivity index (χ1n) is 6.96. The summed E-state index contributed by atoms with van der Waals surface area (Å²) in [5, 5.41) is 0.757. The first-order valence-corrected chi connectivity index (χ1v) is 10.3. The monoisotopic (exact) mass is 302 g/mol. The molecule has 1 aromatic heterocycles. The SMILES string of the molecule is CCC(C)c1nc(Cl)c(CO[Si](C)(C)C(C)(C)C)[nH]1. The Labute approximate surface area is 123 Å². The van der Waals surface area contributed by atoms with Gasteiger partial charge >= 0.3 is 0 Å². The van der Waals surface area contributed by atoms with Gasteiger partial charge < -0.3 is 9.41 Å². The molecular weight excluding hydrogens is 276 g/mol. The van der Waals surface area contributed by atoms with Gasteiger partial charge in [-0.05, 0) is 24.6 Å². The molecule has 0 amide bonds. The minimum Gasteiger partial charge on any atom is -0.411 e. The van der Waals surface area contributed by atoms with Crippen molar-refractivity contribution in [3.63, 3.8) is 0 Å². The average Bonchev–Trinajstić information content (AvgIpc) is 2.65. The molecule has 1 aromatic rings. The van der Waals surface area contributed by atoms with E-state index < -0.39 is 8.32 Å². The fourth-order valence-corrected chi connectivity index (χ4v) is 2.53. The van der Waals surface area contributed by atoms with Gasteiger partial charge in [-0.3, -0.25) is 0 Å². The second-order valence-electron chi connectivity index (χ2n) is 6.75. The third-order valence-corrected chi connectivity index (χ3v) is 9.00. The van der Waals surface area contributed by atoms with Crippen LogP contribution in [-0.2, 0) is 11.0 Å². The zero-order valence-electron chi connectivity index (χ0n) is 13.2. The summed E-state index contributed by atoms with van der Waals surface area (Å²) in [7, 11) is -1.74. The van der Waals surface area contributed by atoms with E-state index in [1.54, 1.807) is 0 Å². The molecule has 0 spiro atoms. The standard InChI is InChI=1S/C14H27ClN2OSi/c1-8-10(2)13-16-11(12(15)17-13)9-18-19(6,7)14(3,4)5/h10H,8-9H2,1-7H3,(H,16,17). The van der Waals surface area contributed by atoms with Crippen LogP contribution in [0.4, 0.5) is 0 Å². The fourth-order valence-electron chi connectivity index (χ4n) is 1.40. The smallest absolute Gasteiger partial charge is 0.192 e. The fraction of sp³-hybridized carbons (Fsp3) is 0.786. The Morgan fingerprint density at radius 3 is 2.42 bits per heavy atom. The summed E-state index contributed by atoms with van der Waals surface area (Å²) >= 11 is 6.18. The number of imidazole rings is 1. The van der Waals surface area contributed by atoms with Crippen molar-refractivity contribution >= 4 is 19.9 Å². The molecule has 0 fully saturated rings. The van der Waals surface area contributed by atoms with Crippen molar-refractivity contribution in [2.45, 2.75) is 71.7 Å². The Bertz CT molecular complexity index is 424. The molecular formula is C14H27ClN2OSi. The minimum absolute atomic E-state index is 0.207. The zero-order valence-corrected chi connectivity index (χ0v) is 15.0. The number of H-pyrrole nitrogens is 1. The molecule has 1 atom stereocenters. The topological polar surface area (TPSA) is 37.9 Å². The average molecular weight is 303 g/mol. The molecule has 1 unspecified atom stereocenters. The van der Waals surface area contributed by atoms with Crippen LogP contribution in [0.25, 0.3) is 0 Å². The van der Waals surface area contributed by atoms with Crippen molar-refractivity contribution in [2.75, 3.05) is 0 Å². The highest BCUT2D eigenvalue weighted by molar-refractivity contribution is 6.74.